The lowest BCUT2D eigenvalue weighted by Gasteiger charge is -2.33. The van der Waals surface area contributed by atoms with Gasteiger partial charge in [-0.25, -0.2) is 14.8 Å². The monoisotopic (exact) mass is 443 g/mol. The number of nitrogens with zero attached hydrogens (tertiary/aromatic N) is 3. The lowest BCUT2D eigenvalue weighted by Crippen LogP contribution is -2.45. The number of anilines is 1. The van der Waals surface area contributed by atoms with Crippen LogP contribution in [0.1, 0.15) is 39.5 Å². The average molecular weight is 444 g/mol. The Morgan fingerprint density at radius 2 is 1.96 bits per heavy atom. The number of halogens is 2. The first kappa shape index (κ1) is 20.8. The van der Waals surface area contributed by atoms with E-state index >= 15 is 0 Å². The molecule has 0 saturated carbocycles. The van der Waals surface area contributed by atoms with Gasteiger partial charge in [0.1, 0.15) is 11.5 Å². The van der Waals surface area contributed by atoms with E-state index in [9.17, 15) is 14.7 Å². The van der Waals surface area contributed by atoms with Crippen molar-refractivity contribution in [2.75, 3.05) is 24.2 Å². The third kappa shape index (κ3) is 4.37. The molecule has 1 aliphatic rings. The van der Waals surface area contributed by atoms with Crippen LogP contribution in [0.5, 0.6) is 0 Å². The normalized spacial score (nSPS) is 14.9. The Balaban J connectivity index is 1.64. The lowest BCUT2D eigenvalue weighted by atomic mass is 10.0. The van der Waals surface area contributed by atoms with Gasteiger partial charge in [0.05, 0.1) is 10.0 Å². The number of carboxylic acid groups (broad SMARTS) is 1. The van der Waals surface area contributed by atoms with Crippen molar-refractivity contribution in [1.82, 2.24) is 20.3 Å². The van der Waals surface area contributed by atoms with Gasteiger partial charge in [-0.3, -0.25) is 4.79 Å². The second kappa shape index (κ2) is 8.59. The number of thioether (sulfide) groups is 1. The van der Waals surface area contributed by atoms with Crippen LogP contribution < -0.4 is 10.2 Å². The minimum Gasteiger partial charge on any atom is -0.477 e. The molecule has 0 bridgehead atoms. The maximum atomic E-state index is 12.5. The van der Waals surface area contributed by atoms with Gasteiger partial charge in [0.25, 0.3) is 5.91 Å². The van der Waals surface area contributed by atoms with E-state index in [2.05, 4.69) is 20.3 Å². The molecule has 0 unspecified atom stereocenters. The second-order valence-corrected chi connectivity index (χ2v) is 7.92. The molecule has 0 aliphatic carbocycles. The number of H-pyrrole nitrogens is 1. The Hall–Kier alpha value is -1.97. The van der Waals surface area contributed by atoms with Crippen molar-refractivity contribution < 1.29 is 14.7 Å². The van der Waals surface area contributed by atoms with E-state index in [1.165, 1.54) is 17.8 Å². The van der Waals surface area contributed by atoms with E-state index < -0.39 is 5.97 Å². The van der Waals surface area contributed by atoms with E-state index in [4.69, 9.17) is 23.2 Å². The summed E-state index contributed by atoms with van der Waals surface area (Å²) in [6.45, 7) is 3.01. The first-order valence-electron chi connectivity index (χ1n) is 8.56. The van der Waals surface area contributed by atoms with Gasteiger partial charge in [0.2, 0.25) is 0 Å². The molecule has 1 amide bonds. The van der Waals surface area contributed by atoms with Crippen molar-refractivity contribution in [2.45, 2.75) is 31.0 Å². The smallest absolute Gasteiger partial charge is 0.354 e. The van der Waals surface area contributed by atoms with Crippen molar-refractivity contribution in [3.05, 3.63) is 33.2 Å². The molecule has 11 heteroatoms. The summed E-state index contributed by atoms with van der Waals surface area (Å²) in [4.78, 5) is 37.0. The Labute approximate surface area is 176 Å². The summed E-state index contributed by atoms with van der Waals surface area (Å²) in [7, 11) is 0. The zero-order valence-electron chi connectivity index (χ0n) is 15.3. The van der Waals surface area contributed by atoms with Crippen LogP contribution in [0.25, 0.3) is 0 Å². The van der Waals surface area contributed by atoms with Gasteiger partial charge in [-0.15, -0.1) is 0 Å². The number of aromatic nitrogens is 3. The maximum Gasteiger partial charge on any atom is 0.354 e. The summed E-state index contributed by atoms with van der Waals surface area (Å²) < 4.78 is 0. The second-order valence-electron chi connectivity index (χ2n) is 6.39. The first-order chi connectivity index (χ1) is 13.3. The number of carboxylic acids is 1. The zero-order valence-corrected chi connectivity index (χ0v) is 17.6. The Morgan fingerprint density at radius 3 is 2.50 bits per heavy atom. The lowest BCUT2D eigenvalue weighted by molar-refractivity contribution is 0.0689. The quantitative estimate of drug-likeness (QED) is 0.480. The number of hydrogen-bond acceptors (Lipinski definition) is 6. The van der Waals surface area contributed by atoms with E-state index in [-0.39, 0.29) is 28.4 Å². The number of aromatic carboxylic acids is 1. The van der Waals surface area contributed by atoms with Crippen LogP contribution in [0.15, 0.2) is 11.2 Å². The van der Waals surface area contributed by atoms with Gasteiger partial charge >= 0.3 is 5.97 Å². The molecule has 3 rings (SSSR count). The van der Waals surface area contributed by atoms with Crippen LogP contribution in [0.2, 0.25) is 10.0 Å². The minimum atomic E-state index is -1.09. The average Bonchev–Trinajstić information content (AvgIpc) is 2.95. The number of amides is 1. The van der Waals surface area contributed by atoms with E-state index in [0.29, 0.717) is 47.6 Å². The number of aromatic amines is 1. The molecule has 1 saturated heterocycles. The molecular formula is C17H19Cl2N5O3S. The van der Waals surface area contributed by atoms with Crippen LogP contribution in [0, 0.1) is 6.92 Å². The topological polar surface area (TPSA) is 111 Å². The molecule has 0 radical (unpaired) electrons. The highest BCUT2D eigenvalue weighted by Crippen LogP contribution is 2.29. The molecule has 2 aromatic rings. The molecule has 150 valence electrons. The fourth-order valence-corrected chi connectivity index (χ4v) is 3.81. The third-order valence-corrected chi connectivity index (χ3v) is 6.02. The van der Waals surface area contributed by atoms with Crippen molar-refractivity contribution in [3.63, 3.8) is 0 Å². The summed E-state index contributed by atoms with van der Waals surface area (Å²) in [5.74, 6) is -0.799. The summed E-state index contributed by atoms with van der Waals surface area (Å²) in [5.41, 5.74) is 0.880. The fourth-order valence-electron chi connectivity index (χ4n) is 3.01. The van der Waals surface area contributed by atoms with Crippen molar-refractivity contribution in [1.29, 1.82) is 0 Å². The van der Waals surface area contributed by atoms with Crippen molar-refractivity contribution in [2.24, 2.45) is 0 Å². The highest BCUT2D eigenvalue weighted by molar-refractivity contribution is 7.98. The van der Waals surface area contributed by atoms with Gasteiger partial charge in [0.15, 0.2) is 10.9 Å². The highest BCUT2D eigenvalue weighted by atomic mass is 35.5. The number of hydrogen-bond donors (Lipinski definition) is 3. The molecule has 1 aliphatic heterocycles. The molecule has 3 N–H and O–H groups in total. The summed E-state index contributed by atoms with van der Waals surface area (Å²) in [6, 6.07) is 1.45. The van der Waals surface area contributed by atoms with Crippen molar-refractivity contribution >= 4 is 52.7 Å². The van der Waals surface area contributed by atoms with Gasteiger partial charge in [-0.1, -0.05) is 35.0 Å². The van der Waals surface area contributed by atoms with Gasteiger partial charge in [-0.2, -0.15) is 0 Å². The molecule has 1 fully saturated rings. The van der Waals surface area contributed by atoms with Crippen LogP contribution in [0.4, 0.5) is 5.82 Å². The van der Waals surface area contributed by atoms with Gasteiger partial charge in [-0.05, 0) is 26.0 Å². The molecule has 2 aromatic heterocycles. The fraction of sp³-hybridized carbons (Fsp3) is 0.412. The number of carbonyl (C=O) groups excluding carboxylic acids is 1. The largest absolute Gasteiger partial charge is 0.477 e. The maximum absolute atomic E-state index is 12.5. The number of carbonyl (C=O) groups is 2. The first-order valence-corrected chi connectivity index (χ1v) is 10.5. The predicted molar refractivity (Wildman–Crippen MR) is 109 cm³/mol. The standard InChI is InChI=1S/C17H19Cl2N5O3S/c1-8-12(18)13(19)14(20-8)15(25)21-9-3-5-24(6-4-9)11-7-10(16(26)27)22-17(23-11)28-2/h7,9,20H,3-6H2,1-2H3,(H,21,25)(H,26,27). The molecule has 0 atom stereocenters. The van der Waals surface area contributed by atoms with Gasteiger partial charge < -0.3 is 20.3 Å². The highest BCUT2D eigenvalue weighted by Gasteiger charge is 2.25. The predicted octanol–water partition coefficient (Wildman–Crippen LogP) is 3.24. The molecule has 0 aromatic carbocycles. The minimum absolute atomic E-state index is 0.0250. The zero-order chi connectivity index (χ0) is 20.4. The van der Waals surface area contributed by atoms with Crippen LogP contribution >= 0.6 is 35.0 Å². The van der Waals surface area contributed by atoms with Crippen LogP contribution in [-0.2, 0) is 0 Å². The van der Waals surface area contributed by atoms with Crippen molar-refractivity contribution in [3.8, 4) is 0 Å². The molecule has 28 heavy (non-hydrogen) atoms. The van der Waals surface area contributed by atoms with Gasteiger partial charge in [0, 0.05) is 30.9 Å². The number of nitrogens with one attached hydrogen (secondary N) is 2. The molecule has 3 heterocycles. The number of piperidine rings is 1. The van der Waals surface area contributed by atoms with Crippen LogP contribution in [0.3, 0.4) is 0 Å². The molecule has 0 spiro atoms. The SMILES string of the molecule is CSc1nc(C(=O)O)cc(N2CCC(NC(=O)c3[nH]c(C)c(Cl)c3Cl)CC2)n1. The number of rotatable bonds is 5. The molecule has 8 nitrogen and oxygen atoms in total. The van der Waals surface area contributed by atoms with Crippen LogP contribution in [-0.4, -0.2) is 57.3 Å². The summed E-state index contributed by atoms with van der Waals surface area (Å²) >= 11 is 13.4. The summed E-state index contributed by atoms with van der Waals surface area (Å²) in [6.07, 6.45) is 3.18. The Bertz CT molecular complexity index is 912. The summed E-state index contributed by atoms with van der Waals surface area (Å²) in [5, 5.41) is 13.2. The van der Waals surface area contributed by atoms with E-state index in [1.807, 2.05) is 4.90 Å². The van der Waals surface area contributed by atoms with E-state index in [0.717, 1.165) is 0 Å². The molecular weight excluding hydrogens is 425 g/mol. The Kier molecular flexibility index (Phi) is 6.36. The number of aryl methyl sites for hydroxylation is 1. The van der Waals surface area contributed by atoms with E-state index in [1.54, 1.807) is 13.2 Å². The Morgan fingerprint density at radius 1 is 1.29 bits per heavy atom. The third-order valence-electron chi connectivity index (χ3n) is 4.53.